The zero-order valence-corrected chi connectivity index (χ0v) is 21.0. The number of nitrogens with zero attached hydrogens (tertiary/aromatic N) is 1. The number of rotatable bonds is 5. The molecule has 1 aliphatic heterocycles. The van der Waals surface area contributed by atoms with Crippen molar-refractivity contribution in [2.75, 3.05) is 0 Å². The lowest BCUT2D eigenvalue weighted by molar-refractivity contribution is -0.133. The third-order valence-corrected chi connectivity index (χ3v) is 8.65. The van der Waals surface area contributed by atoms with Gasteiger partial charge in [-0.15, -0.1) is 0 Å². The topological polar surface area (TPSA) is 74.7 Å². The molecule has 0 saturated heterocycles. The zero-order chi connectivity index (χ0) is 24.6. The summed E-state index contributed by atoms with van der Waals surface area (Å²) in [6.45, 7) is 1.86. The van der Waals surface area contributed by atoms with Crippen LogP contribution in [0.25, 0.3) is 0 Å². The first-order valence-electron chi connectivity index (χ1n) is 10.3. The average Bonchev–Trinajstić information content (AvgIpc) is 2.80. The molecule has 3 aromatic rings. The van der Waals surface area contributed by atoms with Gasteiger partial charge in [-0.25, -0.2) is 13.2 Å². The molecule has 2 atom stereocenters. The van der Waals surface area contributed by atoms with Crippen LogP contribution in [0.2, 0.25) is 15.1 Å². The van der Waals surface area contributed by atoms with Gasteiger partial charge in [0.15, 0.2) is 0 Å². The smallest absolute Gasteiger partial charge is 0.333 e. The summed E-state index contributed by atoms with van der Waals surface area (Å²) < 4.78 is 29.4. The molecule has 9 heteroatoms. The number of carbonyl (C=O) groups is 1. The minimum absolute atomic E-state index is 0.0330. The van der Waals surface area contributed by atoms with E-state index in [1.165, 1.54) is 16.4 Å². The third kappa shape index (κ3) is 4.74. The predicted octanol–water partition coefficient (Wildman–Crippen LogP) is 6.84. The van der Waals surface area contributed by atoms with E-state index in [1.54, 1.807) is 60.7 Å². The maximum absolute atomic E-state index is 14.1. The highest BCUT2D eigenvalue weighted by Gasteiger charge is 2.44. The third-order valence-electron chi connectivity index (χ3n) is 5.77. The normalized spacial score (nSPS) is 19.0. The molecule has 1 heterocycles. The zero-order valence-electron chi connectivity index (χ0n) is 18.0. The molecule has 0 bridgehead atoms. The molecule has 5 nitrogen and oxygen atoms in total. The predicted molar refractivity (Wildman–Crippen MR) is 134 cm³/mol. The minimum atomic E-state index is -4.15. The number of hydrogen-bond donors (Lipinski definition) is 1. The molecule has 1 aliphatic rings. The maximum Gasteiger partial charge on any atom is 0.333 e. The SMILES string of the molecule is Cc1ccc(S(=O)(=O)N2C(c3ccc(Cl)c(Cl)c3)CC=C(C(=O)O)C2c2ccc(Cl)cc2)cc1. The lowest BCUT2D eigenvalue weighted by Gasteiger charge is -2.40. The van der Waals surface area contributed by atoms with Gasteiger partial charge in [0.2, 0.25) is 10.0 Å². The molecule has 0 aromatic heterocycles. The summed E-state index contributed by atoms with van der Waals surface area (Å²) in [5.41, 5.74) is 1.96. The molecule has 0 amide bonds. The van der Waals surface area contributed by atoms with Gasteiger partial charge >= 0.3 is 5.97 Å². The molecule has 3 aromatic carbocycles. The molecule has 176 valence electrons. The lowest BCUT2D eigenvalue weighted by Crippen LogP contribution is -2.42. The second kappa shape index (κ2) is 9.72. The second-order valence-electron chi connectivity index (χ2n) is 7.99. The summed E-state index contributed by atoms with van der Waals surface area (Å²) in [5.74, 6) is -1.20. The standard InChI is InChI=1S/C25H20Cl3NO4S/c1-15-2-9-19(10-3-15)34(32,33)29-23(17-6-12-21(27)22(28)14-17)13-11-20(25(30)31)24(29)16-4-7-18(26)8-5-16/h2-12,14,23-24H,13H2,1H3,(H,30,31). The largest absolute Gasteiger partial charge is 0.478 e. The van der Waals surface area contributed by atoms with Crippen LogP contribution in [-0.4, -0.2) is 23.8 Å². The number of carboxylic acid groups (broad SMARTS) is 1. The Morgan fingerprint density at radius 2 is 1.53 bits per heavy atom. The fourth-order valence-electron chi connectivity index (χ4n) is 4.09. The second-order valence-corrected chi connectivity index (χ2v) is 11.1. The Balaban J connectivity index is 1.97. The first kappa shape index (κ1) is 24.8. The molecule has 34 heavy (non-hydrogen) atoms. The fourth-order valence-corrected chi connectivity index (χ4v) is 6.30. The molecular weight excluding hydrogens is 517 g/mol. The highest BCUT2D eigenvalue weighted by Crippen LogP contribution is 2.46. The molecule has 1 N–H and O–H groups in total. The van der Waals surface area contributed by atoms with Crippen LogP contribution in [0, 0.1) is 6.92 Å². The van der Waals surface area contributed by atoms with Crippen molar-refractivity contribution < 1.29 is 18.3 Å². The Labute approximate surface area is 213 Å². The van der Waals surface area contributed by atoms with Crippen LogP contribution >= 0.6 is 34.8 Å². The van der Waals surface area contributed by atoms with Crippen LogP contribution in [-0.2, 0) is 14.8 Å². The molecule has 4 rings (SSSR count). The van der Waals surface area contributed by atoms with Crippen molar-refractivity contribution in [3.8, 4) is 0 Å². The number of aliphatic carboxylic acids is 1. The molecular formula is C25H20Cl3NO4S. The maximum atomic E-state index is 14.1. The van der Waals surface area contributed by atoms with Crippen molar-refractivity contribution in [3.63, 3.8) is 0 Å². The summed E-state index contributed by atoms with van der Waals surface area (Å²) in [6, 6.07) is 16.1. The number of aryl methyl sites for hydroxylation is 1. The van der Waals surface area contributed by atoms with Crippen molar-refractivity contribution in [3.05, 3.63) is 110 Å². The Morgan fingerprint density at radius 1 is 0.912 bits per heavy atom. The molecule has 0 radical (unpaired) electrons. The lowest BCUT2D eigenvalue weighted by atomic mass is 9.89. The summed E-state index contributed by atoms with van der Waals surface area (Å²) in [6.07, 6.45) is 1.71. The van der Waals surface area contributed by atoms with Crippen LogP contribution in [0.15, 0.2) is 83.3 Å². The Kier molecular flexibility index (Phi) is 7.08. The molecule has 0 fully saturated rings. The van der Waals surface area contributed by atoms with Crippen LogP contribution in [0.1, 0.15) is 35.2 Å². The van der Waals surface area contributed by atoms with Gasteiger partial charge in [0.25, 0.3) is 0 Å². The van der Waals surface area contributed by atoms with Gasteiger partial charge in [-0.1, -0.05) is 76.8 Å². The molecule has 0 aliphatic carbocycles. The van der Waals surface area contributed by atoms with E-state index in [-0.39, 0.29) is 21.9 Å². The van der Waals surface area contributed by atoms with Gasteiger partial charge in [-0.05, 0) is 60.9 Å². The first-order valence-corrected chi connectivity index (χ1v) is 12.9. The number of carboxylic acids is 1. The number of halogens is 3. The van der Waals surface area contributed by atoms with Crippen molar-refractivity contribution in [2.45, 2.75) is 30.3 Å². The van der Waals surface area contributed by atoms with E-state index in [0.29, 0.717) is 21.2 Å². The highest BCUT2D eigenvalue weighted by atomic mass is 35.5. The number of sulfonamides is 1. The van der Waals surface area contributed by atoms with Crippen LogP contribution in [0.3, 0.4) is 0 Å². The quantitative estimate of drug-likeness (QED) is 0.387. The monoisotopic (exact) mass is 535 g/mol. The van der Waals surface area contributed by atoms with Crippen molar-refractivity contribution in [2.24, 2.45) is 0 Å². The van der Waals surface area contributed by atoms with Crippen molar-refractivity contribution in [1.82, 2.24) is 4.31 Å². The molecule has 2 unspecified atom stereocenters. The van der Waals surface area contributed by atoms with E-state index in [0.717, 1.165) is 5.56 Å². The summed E-state index contributed by atoms with van der Waals surface area (Å²) >= 11 is 18.4. The van der Waals surface area contributed by atoms with E-state index in [2.05, 4.69) is 0 Å². The van der Waals surface area contributed by atoms with Gasteiger partial charge in [0, 0.05) is 5.02 Å². The summed E-state index contributed by atoms with van der Waals surface area (Å²) in [4.78, 5) is 12.3. The van der Waals surface area contributed by atoms with Crippen LogP contribution in [0.5, 0.6) is 0 Å². The fraction of sp³-hybridized carbons (Fsp3) is 0.160. The van der Waals surface area contributed by atoms with Gasteiger partial charge in [0.1, 0.15) is 0 Å². The van der Waals surface area contributed by atoms with Crippen molar-refractivity contribution >= 4 is 50.8 Å². The Hall–Kier alpha value is -2.35. The van der Waals surface area contributed by atoms with Gasteiger partial charge in [0.05, 0.1) is 32.6 Å². The van der Waals surface area contributed by atoms with Crippen LogP contribution < -0.4 is 0 Å². The van der Waals surface area contributed by atoms with E-state index in [9.17, 15) is 18.3 Å². The van der Waals surface area contributed by atoms with E-state index in [1.807, 2.05) is 6.92 Å². The summed E-state index contributed by atoms with van der Waals surface area (Å²) in [7, 11) is -4.15. The Bertz CT molecular complexity index is 1370. The van der Waals surface area contributed by atoms with Gasteiger partial charge in [-0.3, -0.25) is 0 Å². The summed E-state index contributed by atoms with van der Waals surface area (Å²) in [5, 5.41) is 11.1. The van der Waals surface area contributed by atoms with E-state index in [4.69, 9.17) is 34.8 Å². The van der Waals surface area contributed by atoms with Gasteiger partial charge < -0.3 is 5.11 Å². The van der Waals surface area contributed by atoms with E-state index < -0.39 is 28.1 Å². The average molecular weight is 537 g/mol. The minimum Gasteiger partial charge on any atom is -0.478 e. The number of benzene rings is 3. The van der Waals surface area contributed by atoms with E-state index >= 15 is 0 Å². The molecule has 0 spiro atoms. The van der Waals surface area contributed by atoms with Crippen molar-refractivity contribution in [1.29, 1.82) is 0 Å². The Morgan fingerprint density at radius 3 is 2.12 bits per heavy atom. The van der Waals surface area contributed by atoms with Gasteiger partial charge in [-0.2, -0.15) is 4.31 Å². The van der Waals surface area contributed by atoms with Crippen LogP contribution in [0.4, 0.5) is 0 Å². The first-order chi connectivity index (χ1) is 16.1. The highest BCUT2D eigenvalue weighted by molar-refractivity contribution is 7.89. The number of hydrogen-bond acceptors (Lipinski definition) is 3. The molecule has 0 saturated carbocycles.